The number of morpholine rings is 1. The third kappa shape index (κ3) is 4.37. The standard InChI is InChI=1S/C28H31NO6/c30-26(9-10-27-33-11-12-34-27)18-13-19-15-32-16-20(14-18)29(19)28(31)35-17-25-23-7-3-1-5-21(23)22-6-2-4-8-24(22)25/h1-8,18-20,25,27H,9-17H2. The summed E-state index contributed by atoms with van der Waals surface area (Å²) < 4.78 is 22.6. The van der Waals surface area contributed by atoms with Gasteiger partial charge >= 0.3 is 6.09 Å². The van der Waals surface area contributed by atoms with E-state index in [1.54, 1.807) is 0 Å². The third-order valence-corrected chi connectivity index (χ3v) is 7.84. The van der Waals surface area contributed by atoms with Crippen molar-refractivity contribution in [2.75, 3.05) is 33.0 Å². The maximum absolute atomic E-state index is 13.3. The van der Waals surface area contributed by atoms with Crippen LogP contribution in [0.4, 0.5) is 4.79 Å². The van der Waals surface area contributed by atoms with E-state index < -0.39 is 0 Å². The molecule has 2 aromatic carbocycles. The van der Waals surface area contributed by atoms with Gasteiger partial charge in [0.2, 0.25) is 0 Å². The predicted molar refractivity (Wildman–Crippen MR) is 128 cm³/mol. The maximum Gasteiger partial charge on any atom is 0.410 e. The zero-order valence-electron chi connectivity index (χ0n) is 19.8. The number of piperidine rings is 1. The number of carbonyl (C=O) groups excluding carboxylic acids is 2. The highest BCUT2D eigenvalue weighted by atomic mass is 16.7. The van der Waals surface area contributed by atoms with Crippen molar-refractivity contribution in [2.24, 2.45) is 5.92 Å². The number of benzene rings is 2. The summed E-state index contributed by atoms with van der Waals surface area (Å²) in [5.41, 5.74) is 4.82. The van der Waals surface area contributed by atoms with Crippen molar-refractivity contribution >= 4 is 11.9 Å². The topological polar surface area (TPSA) is 74.3 Å². The minimum Gasteiger partial charge on any atom is -0.448 e. The molecule has 7 heteroatoms. The first kappa shape index (κ1) is 22.7. The van der Waals surface area contributed by atoms with Crippen molar-refractivity contribution in [3.05, 3.63) is 59.7 Å². The summed E-state index contributed by atoms with van der Waals surface area (Å²) in [6.07, 6.45) is 1.71. The van der Waals surface area contributed by atoms with Gasteiger partial charge in [-0.3, -0.25) is 9.69 Å². The summed E-state index contributed by atoms with van der Waals surface area (Å²) >= 11 is 0. The van der Waals surface area contributed by atoms with Gasteiger partial charge in [0.25, 0.3) is 0 Å². The number of hydrogen-bond acceptors (Lipinski definition) is 6. The molecule has 2 bridgehead atoms. The lowest BCUT2D eigenvalue weighted by molar-refractivity contribution is -0.133. The van der Waals surface area contributed by atoms with Gasteiger partial charge in [0, 0.05) is 24.7 Å². The van der Waals surface area contributed by atoms with E-state index in [0.29, 0.717) is 58.7 Å². The van der Waals surface area contributed by atoms with Crippen LogP contribution in [0.5, 0.6) is 0 Å². The third-order valence-electron chi connectivity index (χ3n) is 7.84. The summed E-state index contributed by atoms with van der Waals surface area (Å²) in [5, 5.41) is 0. The lowest BCUT2D eigenvalue weighted by Crippen LogP contribution is -2.60. The molecule has 2 unspecified atom stereocenters. The van der Waals surface area contributed by atoms with Gasteiger partial charge in [-0.1, -0.05) is 48.5 Å². The van der Waals surface area contributed by atoms with Crippen LogP contribution in [0, 0.1) is 5.92 Å². The molecule has 3 aliphatic heterocycles. The van der Waals surface area contributed by atoms with Gasteiger partial charge in [0.05, 0.1) is 38.5 Å². The van der Waals surface area contributed by atoms with Crippen molar-refractivity contribution in [1.82, 2.24) is 4.90 Å². The Morgan fingerprint density at radius 2 is 1.49 bits per heavy atom. The van der Waals surface area contributed by atoms with Crippen LogP contribution in [0.1, 0.15) is 42.7 Å². The van der Waals surface area contributed by atoms with Crippen LogP contribution >= 0.6 is 0 Å². The van der Waals surface area contributed by atoms with Crippen molar-refractivity contribution in [1.29, 1.82) is 0 Å². The van der Waals surface area contributed by atoms with E-state index >= 15 is 0 Å². The Hall–Kier alpha value is -2.74. The zero-order chi connectivity index (χ0) is 23.8. The van der Waals surface area contributed by atoms with E-state index in [4.69, 9.17) is 18.9 Å². The molecule has 3 saturated heterocycles. The second kappa shape index (κ2) is 9.72. The quantitative estimate of drug-likeness (QED) is 0.623. The fourth-order valence-electron chi connectivity index (χ4n) is 6.18. The fraction of sp³-hybridized carbons (Fsp3) is 0.500. The van der Waals surface area contributed by atoms with Crippen molar-refractivity contribution < 1.29 is 28.5 Å². The monoisotopic (exact) mass is 477 g/mol. The van der Waals surface area contributed by atoms with Crippen LogP contribution in [0.15, 0.2) is 48.5 Å². The summed E-state index contributed by atoms with van der Waals surface area (Å²) in [6, 6.07) is 16.4. The average molecular weight is 478 g/mol. The minimum absolute atomic E-state index is 0.0292. The lowest BCUT2D eigenvalue weighted by atomic mass is 9.81. The molecular weight excluding hydrogens is 446 g/mol. The Balaban J connectivity index is 1.10. The van der Waals surface area contributed by atoms with Gasteiger partial charge in [-0.25, -0.2) is 4.79 Å². The van der Waals surface area contributed by atoms with E-state index in [0.717, 1.165) is 0 Å². The smallest absolute Gasteiger partial charge is 0.410 e. The number of carbonyl (C=O) groups is 2. The van der Waals surface area contributed by atoms with E-state index in [-0.39, 0.29) is 42.1 Å². The van der Waals surface area contributed by atoms with E-state index in [1.807, 2.05) is 29.2 Å². The molecule has 6 rings (SSSR count). The Morgan fingerprint density at radius 1 is 0.886 bits per heavy atom. The number of Topliss-reactive ketones (excluding diaryl/α,β-unsaturated/α-hetero) is 1. The van der Waals surface area contributed by atoms with Gasteiger partial charge in [-0.05, 0) is 35.1 Å². The van der Waals surface area contributed by atoms with E-state index in [1.165, 1.54) is 22.3 Å². The molecule has 0 saturated carbocycles. The van der Waals surface area contributed by atoms with Crippen molar-refractivity contribution in [3.8, 4) is 11.1 Å². The van der Waals surface area contributed by atoms with E-state index in [9.17, 15) is 9.59 Å². The summed E-state index contributed by atoms with van der Waals surface area (Å²) in [5.74, 6) is 0.197. The van der Waals surface area contributed by atoms with Crippen LogP contribution in [0.2, 0.25) is 0 Å². The summed E-state index contributed by atoms with van der Waals surface area (Å²) in [7, 11) is 0. The molecule has 1 aliphatic carbocycles. The second-order valence-corrected chi connectivity index (χ2v) is 9.90. The minimum atomic E-state index is -0.302. The number of nitrogens with zero attached hydrogens (tertiary/aromatic N) is 1. The van der Waals surface area contributed by atoms with Gasteiger partial charge in [0.15, 0.2) is 6.29 Å². The number of amides is 1. The fourth-order valence-corrected chi connectivity index (χ4v) is 6.18. The van der Waals surface area contributed by atoms with Crippen LogP contribution in [-0.2, 0) is 23.7 Å². The first-order valence-electron chi connectivity index (χ1n) is 12.7. The Morgan fingerprint density at radius 3 is 2.11 bits per heavy atom. The summed E-state index contributed by atoms with van der Waals surface area (Å²) in [4.78, 5) is 28.0. The highest BCUT2D eigenvalue weighted by molar-refractivity contribution is 5.82. The number of ether oxygens (including phenoxy) is 4. The van der Waals surface area contributed by atoms with Gasteiger partial charge < -0.3 is 18.9 Å². The van der Waals surface area contributed by atoms with Gasteiger partial charge in [-0.15, -0.1) is 0 Å². The average Bonchev–Trinajstić information content (AvgIpc) is 3.51. The predicted octanol–water partition coefficient (Wildman–Crippen LogP) is 4.14. The zero-order valence-corrected chi connectivity index (χ0v) is 19.8. The van der Waals surface area contributed by atoms with Crippen molar-refractivity contribution in [3.63, 3.8) is 0 Å². The number of rotatable bonds is 6. The van der Waals surface area contributed by atoms with Gasteiger partial charge in [-0.2, -0.15) is 0 Å². The highest BCUT2D eigenvalue weighted by Crippen LogP contribution is 2.44. The molecular formula is C28H31NO6. The van der Waals surface area contributed by atoms with Crippen LogP contribution in [0.3, 0.4) is 0 Å². The molecule has 35 heavy (non-hydrogen) atoms. The van der Waals surface area contributed by atoms with Crippen LogP contribution in [0.25, 0.3) is 11.1 Å². The molecule has 3 fully saturated rings. The molecule has 7 nitrogen and oxygen atoms in total. The molecule has 2 aromatic rings. The Bertz CT molecular complexity index is 1040. The summed E-state index contributed by atoms with van der Waals surface area (Å²) in [6.45, 7) is 2.38. The van der Waals surface area contributed by atoms with E-state index in [2.05, 4.69) is 24.3 Å². The molecule has 184 valence electrons. The largest absolute Gasteiger partial charge is 0.448 e. The molecule has 0 aromatic heterocycles. The molecule has 2 atom stereocenters. The van der Waals surface area contributed by atoms with Crippen LogP contribution < -0.4 is 0 Å². The Kier molecular flexibility index (Phi) is 6.31. The lowest BCUT2D eigenvalue weighted by Gasteiger charge is -2.47. The SMILES string of the molecule is O=C(CCC1OCCO1)C1CC2COCC(C1)N2C(=O)OCC1c2ccccc2-c2ccccc21. The highest BCUT2D eigenvalue weighted by Gasteiger charge is 2.44. The van der Waals surface area contributed by atoms with Crippen LogP contribution in [-0.4, -0.2) is 68.2 Å². The van der Waals surface area contributed by atoms with Crippen molar-refractivity contribution in [2.45, 2.75) is 50.0 Å². The Labute approximate surface area is 205 Å². The first-order valence-corrected chi connectivity index (χ1v) is 12.7. The maximum atomic E-state index is 13.3. The molecule has 0 N–H and O–H groups in total. The molecule has 3 heterocycles. The molecule has 0 spiro atoms. The molecule has 0 radical (unpaired) electrons. The molecule has 4 aliphatic rings. The number of fused-ring (bicyclic) bond motifs is 5. The number of hydrogen-bond donors (Lipinski definition) is 0. The molecule has 1 amide bonds. The van der Waals surface area contributed by atoms with Gasteiger partial charge in [0.1, 0.15) is 12.4 Å². The normalized spacial score (nSPS) is 25.8. The second-order valence-electron chi connectivity index (χ2n) is 9.90. The number of ketones is 1. The first-order chi connectivity index (χ1) is 17.2.